The van der Waals surface area contributed by atoms with Gasteiger partial charge in [0.05, 0.1) is 38.1 Å². The third-order valence-electron chi connectivity index (χ3n) is 4.13. The van der Waals surface area contributed by atoms with Gasteiger partial charge in [0.15, 0.2) is 11.6 Å². The Morgan fingerprint density at radius 1 is 1.12 bits per heavy atom. The van der Waals surface area contributed by atoms with Crippen LogP contribution in [0.5, 0.6) is 11.6 Å². The van der Waals surface area contributed by atoms with Crippen molar-refractivity contribution in [3.8, 4) is 23.0 Å². The van der Waals surface area contributed by atoms with Gasteiger partial charge in [0.25, 0.3) is 0 Å². The number of hydrogen-bond acceptors (Lipinski definition) is 6. The second-order valence-electron chi connectivity index (χ2n) is 5.72. The van der Waals surface area contributed by atoms with Gasteiger partial charge in [-0.3, -0.25) is 0 Å². The summed E-state index contributed by atoms with van der Waals surface area (Å²) in [6.07, 6.45) is 1.51. The molecule has 0 fully saturated rings. The third-order valence-corrected chi connectivity index (χ3v) is 4.13. The minimum Gasteiger partial charge on any atom is -0.494 e. The molecule has 6 nitrogen and oxygen atoms in total. The van der Waals surface area contributed by atoms with Crippen LogP contribution in [0.4, 0.5) is 4.39 Å². The highest BCUT2D eigenvalue weighted by Gasteiger charge is 2.16. The maximum absolute atomic E-state index is 13.9. The molecule has 0 radical (unpaired) electrons. The molecule has 0 saturated carbocycles. The second kappa shape index (κ2) is 6.27. The van der Waals surface area contributed by atoms with Gasteiger partial charge < -0.3 is 19.0 Å². The van der Waals surface area contributed by atoms with Gasteiger partial charge in [-0.1, -0.05) is 0 Å². The summed E-state index contributed by atoms with van der Waals surface area (Å²) in [4.78, 5) is 8.76. The second-order valence-corrected chi connectivity index (χ2v) is 5.72. The lowest BCUT2D eigenvalue weighted by Crippen LogP contribution is -1.94. The molecule has 2 heterocycles. The summed E-state index contributed by atoms with van der Waals surface area (Å²) >= 11 is 0. The molecule has 0 unspecified atom stereocenters. The van der Waals surface area contributed by atoms with E-state index in [-0.39, 0.29) is 12.4 Å². The van der Waals surface area contributed by atoms with Crippen LogP contribution >= 0.6 is 0 Å². The number of nitrogens with zero attached hydrogens (tertiary/aromatic N) is 2. The fourth-order valence-corrected chi connectivity index (χ4v) is 2.87. The van der Waals surface area contributed by atoms with Crippen molar-refractivity contribution in [1.29, 1.82) is 0 Å². The molecule has 26 heavy (non-hydrogen) atoms. The number of hydrogen-bond donors (Lipinski definition) is 1. The van der Waals surface area contributed by atoms with Crippen LogP contribution in [0.1, 0.15) is 5.56 Å². The number of furan rings is 1. The SMILES string of the molecule is COc1cnc2c(-c3cc4cc(OC)c(F)cc4o3)cc(CO)cc2n1. The number of aromatic nitrogens is 2. The average molecular weight is 354 g/mol. The van der Waals surface area contributed by atoms with Gasteiger partial charge in [0, 0.05) is 17.0 Å². The van der Waals surface area contributed by atoms with Gasteiger partial charge >= 0.3 is 0 Å². The molecule has 1 N–H and O–H groups in total. The number of rotatable bonds is 4. The molecule has 0 saturated heterocycles. The summed E-state index contributed by atoms with van der Waals surface area (Å²) < 4.78 is 29.9. The normalized spacial score (nSPS) is 11.2. The summed E-state index contributed by atoms with van der Waals surface area (Å²) in [5, 5.41) is 10.3. The Bertz CT molecular complexity index is 1120. The van der Waals surface area contributed by atoms with Crippen LogP contribution < -0.4 is 9.47 Å². The van der Waals surface area contributed by atoms with Gasteiger partial charge in [0.1, 0.15) is 11.3 Å². The first-order valence-electron chi connectivity index (χ1n) is 7.85. The molecule has 4 aromatic rings. The first-order chi connectivity index (χ1) is 12.6. The standard InChI is InChI=1S/C19H15FN2O4/c1-24-17-6-11-5-16(26-15(11)7-13(17)20)12-3-10(9-23)4-14-19(12)21-8-18(22-14)25-2/h3-8,23H,9H2,1-2H3. The van der Waals surface area contributed by atoms with Gasteiger partial charge in [-0.15, -0.1) is 0 Å². The number of methoxy groups -OCH3 is 2. The monoisotopic (exact) mass is 354 g/mol. The van der Waals surface area contributed by atoms with Crippen molar-refractivity contribution in [3.63, 3.8) is 0 Å². The summed E-state index contributed by atoms with van der Waals surface area (Å²) in [6, 6.07) is 8.14. The fourth-order valence-electron chi connectivity index (χ4n) is 2.87. The van der Waals surface area contributed by atoms with Gasteiger partial charge in [-0.05, 0) is 29.8 Å². The fraction of sp³-hybridized carbons (Fsp3) is 0.158. The van der Waals surface area contributed by atoms with E-state index >= 15 is 0 Å². The minimum absolute atomic E-state index is 0.142. The van der Waals surface area contributed by atoms with Crippen molar-refractivity contribution in [3.05, 3.63) is 47.9 Å². The van der Waals surface area contributed by atoms with Crippen LogP contribution in [0.15, 0.2) is 40.9 Å². The zero-order chi connectivity index (χ0) is 18.3. The quantitative estimate of drug-likeness (QED) is 0.602. The molecule has 0 aliphatic heterocycles. The van der Waals surface area contributed by atoms with E-state index in [1.807, 2.05) is 0 Å². The topological polar surface area (TPSA) is 77.6 Å². The summed E-state index contributed by atoms with van der Waals surface area (Å²) in [5.74, 6) is 0.505. The van der Waals surface area contributed by atoms with Gasteiger partial charge in [-0.25, -0.2) is 14.4 Å². The van der Waals surface area contributed by atoms with Crippen molar-refractivity contribution in [2.24, 2.45) is 0 Å². The Balaban J connectivity index is 1.96. The lowest BCUT2D eigenvalue weighted by atomic mass is 10.1. The van der Waals surface area contributed by atoms with Gasteiger partial charge in [0.2, 0.25) is 5.88 Å². The predicted molar refractivity (Wildman–Crippen MR) is 93.7 cm³/mol. The minimum atomic E-state index is -0.501. The van der Waals surface area contributed by atoms with Crippen LogP contribution in [0, 0.1) is 5.82 Å². The number of ether oxygens (including phenoxy) is 2. The lowest BCUT2D eigenvalue weighted by molar-refractivity contribution is 0.282. The first-order valence-corrected chi connectivity index (χ1v) is 7.85. The Morgan fingerprint density at radius 3 is 2.69 bits per heavy atom. The van der Waals surface area contributed by atoms with Crippen LogP contribution in [0.2, 0.25) is 0 Å². The van der Waals surface area contributed by atoms with Gasteiger partial charge in [-0.2, -0.15) is 0 Å². The third kappa shape index (κ3) is 2.62. The maximum Gasteiger partial charge on any atom is 0.232 e. The van der Waals surface area contributed by atoms with E-state index < -0.39 is 5.82 Å². The van der Waals surface area contributed by atoms with E-state index in [0.717, 1.165) is 0 Å². The predicted octanol–water partition coefficient (Wildman–Crippen LogP) is 3.69. The molecule has 0 aliphatic rings. The smallest absolute Gasteiger partial charge is 0.232 e. The average Bonchev–Trinajstić information content (AvgIpc) is 3.08. The summed E-state index contributed by atoms with van der Waals surface area (Å²) in [5.41, 5.74) is 2.85. The molecule has 0 atom stereocenters. The van der Waals surface area contributed by atoms with E-state index in [1.165, 1.54) is 26.5 Å². The molecule has 0 aliphatic carbocycles. The molecular weight excluding hydrogens is 339 g/mol. The number of aliphatic hydroxyl groups is 1. The van der Waals surface area contributed by atoms with Crippen LogP contribution in [0.25, 0.3) is 33.3 Å². The molecule has 4 rings (SSSR count). The van der Waals surface area contributed by atoms with Crippen LogP contribution in [-0.2, 0) is 6.61 Å². The van der Waals surface area contributed by atoms with E-state index in [2.05, 4.69) is 9.97 Å². The highest BCUT2D eigenvalue weighted by molar-refractivity contribution is 5.94. The van der Waals surface area contributed by atoms with Crippen LogP contribution in [-0.4, -0.2) is 29.3 Å². The summed E-state index contributed by atoms with van der Waals surface area (Å²) in [6.45, 7) is -0.162. The number of aliphatic hydroxyl groups excluding tert-OH is 1. The lowest BCUT2D eigenvalue weighted by Gasteiger charge is -2.07. The Kier molecular flexibility index (Phi) is 3.93. The number of benzene rings is 2. The van der Waals surface area contributed by atoms with E-state index in [9.17, 15) is 9.50 Å². The van der Waals surface area contributed by atoms with E-state index in [1.54, 1.807) is 24.3 Å². The molecule has 2 aromatic heterocycles. The zero-order valence-corrected chi connectivity index (χ0v) is 14.1. The first kappa shape index (κ1) is 16.3. The van der Waals surface area contributed by atoms with E-state index in [0.29, 0.717) is 44.8 Å². The summed E-state index contributed by atoms with van der Waals surface area (Å²) in [7, 11) is 2.92. The van der Waals surface area contributed by atoms with Crippen molar-refractivity contribution >= 4 is 22.0 Å². The molecule has 2 aromatic carbocycles. The van der Waals surface area contributed by atoms with Crippen molar-refractivity contribution in [2.75, 3.05) is 14.2 Å². The van der Waals surface area contributed by atoms with E-state index in [4.69, 9.17) is 13.9 Å². The Hall–Kier alpha value is -3.19. The van der Waals surface area contributed by atoms with Crippen molar-refractivity contribution in [2.45, 2.75) is 6.61 Å². The highest BCUT2D eigenvalue weighted by atomic mass is 19.1. The molecule has 0 bridgehead atoms. The number of fused-ring (bicyclic) bond motifs is 2. The molecular formula is C19H15FN2O4. The highest BCUT2D eigenvalue weighted by Crippen LogP contribution is 2.35. The largest absolute Gasteiger partial charge is 0.494 e. The molecule has 7 heteroatoms. The number of halogens is 1. The van der Waals surface area contributed by atoms with Crippen molar-refractivity contribution < 1.29 is 23.4 Å². The molecule has 132 valence electrons. The Labute approximate surface area is 147 Å². The zero-order valence-electron chi connectivity index (χ0n) is 14.1. The Morgan fingerprint density at radius 2 is 1.96 bits per heavy atom. The maximum atomic E-state index is 13.9. The molecule has 0 spiro atoms. The molecule has 0 amide bonds. The van der Waals surface area contributed by atoms with Crippen molar-refractivity contribution in [1.82, 2.24) is 9.97 Å². The van der Waals surface area contributed by atoms with Crippen LogP contribution in [0.3, 0.4) is 0 Å².